The van der Waals surface area contributed by atoms with E-state index in [2.05, 4.69) is 0 Å². The molecule has 4 heteroatoms. The SMILES string of the molecule is CC1(C)CN(C(=O)Cc2cccc(O)c2)CC(C)(C)O1. The van der Waals surface area contributed by atoms with Crippen LogP contribution in [0.1, 0.15) is 33.3 Å². The largest absolute Gasteiger partial charge is 0.508 e. The van der Waals surface area contributed by atoms with Gasteiger partial charge in [-0.25, -0.2) is 0 Å². The van der Waals surface area contributed by atoms with Crippen LogP contribution in [0.2, 0.25) is 0 Å². The third kappa shape index (κ3) is 3.73. The molecule has 0 bridgehead atoms. The molecule has 0 atom stereocenters. The Bertz CT molecular complexity index is 492. The van der Waals surface area contributed by atoms with Crippen molar-refractivity contribution in [2.24, 2.45) is 0 Å². The van der Waals surface area contributed by atoms with Gasteiger partial charge in [-0.15, -0.1) is 0 Å². The molecule has 110 valence electrons. The minimum absolute atomic E-state index is 0.0695. The number of carbonyl (C=O) groups excluding carboxylic acids is 1. The highest BCUT2D eigenvalue weighted by Gasteiger charge is 2.39. The maximum Gasteiger partial charge on any atom is 0.227 e. The van der Waals surface area contributed by atoms with Gasteiger partial charge in [0.25, 0.3) is 0 Å². The van der Waals surface area contributed by atoms with Crippen molar-refractivity contribution < 1.29 is 14.6 Å². The minimum atomic E-state index is -0.337. The number of phenols is 1. The van der Waals surface area contributed by atoms with Gasteiger partial charge in [-0.05, 0) is 45.4 Å². The molecule has 1 aromatic rings. The molecule has 1 amide bonds. The van der Waals surface area contributed by atoms with Gasteiger partial charge in [-0.1, -0.05) is 12.1 Å². The normalized spacial score (nSPS) is 20.7. The van der Waals surface area contributed by atoms with Crippen LogP contribution in [0.5, 0.6) is 5.75 Å². The molecule has 0 radical (unpaired) electrons. The minimum Gasteiger partial charge on any atom is -0.508 e. The Morgan fingerprint density at radius 1 is 1.25 bits per heavy atom. The zero-order valence-electron chi connectivity index (χ0n) is 12.6. The lowest BCUT2D eigenvalue weighted by molar-refractivity contribution is -0.187. The second-order valence-electron chi connectivity index (χ2n) is 6.72. The van der Waals surface area contributed by atoms with Gasteiger partial charge in [0, 0.05) is 13.1 Å². The van der Waals surface area contributed by atoms with E-state index in [-0.39, 0.29) is 22.9 Å². The Morgan fingerprint density at radius 2 is 1.85 bits per heavy atom. The van der Waals surface area contributed by atoms with E-state index < -0.39 is 0 Å². The summed E-state index contributed by atoms with van der Waals surface area (Å²) in [6.45, 7) is 9.19. The maximum atomic E-state index is 12.4. The highest BCUT2D eigenvalue weighted by molar-refractivity contribution is 5.79. The van der Waals surface area contributed by atoms with E-state index in [4.69, 9.17) is 4.74 Å². The van der Waals surface area contributed by atoms with Crippen molar-refractivity contribution in [3.63, 3.8) is 0 Å². The maximum absolute atomic E-state index is 12.4. The van der Waals surface area contributed by atoms with Crippen molar-refractivity contribution in [2.75, 3.05) is 13.1 Å². The zero-order valence-corrected chi connectivity index (χ0v) is 12.6. The molecule has 1 aromatic carbocycles. The Morgan fingerprint density at radius 3 is 2.40 bits per heavy atom. The number of phenolic OH excluding ortho intramolecular Hbond substituents is 1. The molecular weight excluding hydrogens is 254 g/mol. The fourth-order valence-corrected chi connectivity index (χ4v) is 2.92. The van der Waals surface area contributed by atoms with Gasteiger partial charge in [-0.3, -0.25) is 4.79 Å². The van der Waals surface area contributed by atoms with Crippen molar-refractivity contribution in [2.45, 2.75) is 45.3 Å². The van der Waals surface area contributed by atoms with Gasteiger partial charge in [0.1, 0.15) is 5.75 Å². The van der Waals surface area contributed by atoms with Crippen LogP contribution in [0.25, 0.3) is 0 Å². The van der Waals surface area contributed by atoms with E-state index in [1.54, 1.807) is 18.2 Å². The van der Waals surface area contributed by atoms with Gasteiger partial charge in [0.05, 0.1) is 17.6 Å². The Balaban J connectivity index is 2.09. The number of rotatable bonds is 2. The van der Waals surface area contributed by atoms with Crippen molar-refractivity contribution in [1.29, 1.82) is 0 Å². The summed E-state index contributed by atoms with van der Waals surface area (Å²) in [5.74, 6) is 0.262. The standard InChI is InChI=1S/C16H23NO3/c1-15(2)10-17(11-16(3,4)20-15)14(19)9-12-6-5-7-13(18)8-12/h5-8,18H,9-11H2,1-4H3. The lowest BCUT2D eigenvalue weighted by Crippen LogP contribution is -2.58. The van der Waals surface area contributed by atoms with Crippen LogP contribution in [0.4, 0.5) is 0 Å². The van der Waals surface area contributed by atoms with E-state index in [9.17, 15) is 9.90 Å². The van der Waals surface area contributed by atoms with E-state index in [1.165, 1.54) is 0 Å². The molecule has 2 rings (SSSR count). The monoisotopic (exact) mass is 277 g/mol. The molecule has 0 saturated carbocycles. The first-order valence-electron chi connectivity index (χ1n) is 6.93. The zero-order chi connectivity index (χ0) is 15.0. The summed E-state index contributed by atoms with van der Waals surface area (Å²) in [5.41, 5.74) is 0.157. The first-order valence-corrected chi connectivity index (χ1v) is 6.93. The summed E-state index contributed by atoms with van der Waals surface area (Å²) in [5, 5.41) is 9.46. The summed E-state index contributed by atoms with van der Waals surface area (Å²) in [7, 11) is 0. The average Bonchev–Trinajstić information content (AvgIpc) is 2.24. The molecule has 1 fully saturated rings. The molecule has 0 spiro atoms. The summed E-state index contributed by atoms with van der Waals surface area (Å²) >= 11 is 0. The molecule has 0 aliphatic carbocycles. The van der Waals surface area contributed by atoms with Crippen LogP contribution in [0, 0.1) is 0 Å². The van der Waals surface area contributed by atoms with E-state index >= 15 is 0 Å². The van der Waals surface area contributed by atoms with Crippen LogP contribution < -0.4 is 0 Å². The molecule has 1 N–H and O–H groups in total. The second kappa shape index (κ2) is 5.09. The molecule has 0 unspecified atom stereocenters. The smallest absolute Gasteiger partial charge is 0.227 e. The van der Waals surface area contributed by atoms with Gasteiger partial charge in [0.2, 0.25) is 5.91 Å². The fourth-order valence-electron chi connectivity index (χ4n) is 2.92. The Kier molecular flexibility index (Phi) is 3.78. The van der Waals surface area contributed by atoms with E-state index in [0.717, 1.165) is 5.56 Å². The van der Waals surface area contributed by atoms with Crippen molar-refractivity contribution in [3.05, 3.63) is 29.8 Å². The number of nitrogens with zero attached hydrogens (tertiary/aromatic N) is 1. The van der Waals surface area contributed by atoms with E-state index in [0.29, 0.717) is 19.5 Å². The lowest BCUT2D eigenvalue weighted by Gasteiger charge is -2.47. The third-order valence-corrected chi connectivity index (χ3v) is 3.31. The molecule has 1 aliphatic heterocycles. The number of carbonyl (C=O) groups is 1. The number of aromatic hydroxyl groups is 1. The van der Waals surface area contributed by atoms with Gasteiger partial charge in [0.15, 0.2) is 0 Å². The number of hydrogen-bond acceptors (Lipinski definition) is 3. The van der Waals surface area contributed by atoms with Gasteiger partial charge < -0.3 is 14.7 Å². The van der Waals surface area contributed by atoms with Crippen LogP contribution in [0.15, 0.2) is 24.3 Å². The summed E-state index contributed by atoms with van der Waals surface area (Å²) in [4.78, 5) is 14.3. The second-order valence-corrected chi connectivity index (χ2v) is 6.72. The predicted molar refractivity (Wildman–Crippen MR) is 77.6 cm³/mol. The number of ether oxygens (including phenoxy) is 1. The van der Waals surface area contributed by atoms with Crippen LogP contribution in [-0.4, -0.2) is 40.2 Å². The Hall–Kier alpha value is -1.55. The number of benzene rings is 1. The first-order chi connectivity index (χ1) is 9.17. The first kappa shape index (κ1) is 14.9. The average molecular weight is 277 g/mol. The quantitative estimate of drug-likeness (QED) is 0.902. The number of amides is 1. The number of hydrogen-bond donors (Lipinski definition) is 1. The highest BCUT2D eigenvalue weighted by atomic mass is 16.5. The Labute approximate surface area is 120 Å². The van der Waals surface area contributed by atoms with Crippen LogP contribution in [-0.2, 0) is 16.0 Å². The van der Waals surface area contributed by atoms with Crippen LogP contribution in [0.3, 0.4) is 0 Å². The van der Waals surface area contributed by atoms with Crippen LogP contribution >= 0.6 is 0 Å². The van der Waals surface area contributed by atoms with Crippen molar-refractivity contribution >= 4 is 5.91 Å². The summed E-state index contributed by atoms with van der Waals surface area (Å²) < 4.78 is 5.98. The van der Waals surface area contributed by atoms with Crippen molar-refractivity contribution in [1.82, 2.24) is 4.90 Å². The molecule has 20 heavy (non-hydrogen) atoms. The topological polar surface area (TPSA) is 49.8 Å². The molecule has 4 nitrogen and oxygen atoms in total. The molecule has 0 aromatic heterocycles. The number of morpholine rings is 1. The fraction of sp³-hybridized carbons (Fsp3) is 0.562. The van der Waals surface area contributed by atoms with Crippen molar-refractivity contribution in [3.8, 4) is 5.75 Å². The predicted octanol–water partition coefficient (Wildman–Crippen LogP) is 2.35. The molecule has 1 aliphatic rings. The molecule has 1 heterocycles. The van der Waals surface area contributed by atoms with Gasteiger partial charge in [-0.2, -0.15) is 0 Å². The molecule has 1 saturated heterocycles. The summed E-state index contributed by atoms with van der Waals surface area (Å²) in [6.07, 6.45) is 0.306. The molecular formula is C16H23NO3. The summed E-state index contributed by atoms with van der Waals surface area (Å²) in [6, 6.07) is 6.85. The van der Waals surface area contributed by atoms with Gasteiger partial charge >= 0.3 is 0 Å². The lowest BCUT2D eigenvalue weighted by atomic mass is 9.98. The third-order valence-electron chi connectivity index (χ3n) is 3.31. The highest BCUT2D eigenvalue weighted by Crippen LogP contribution is 2.28. The van der Waals surface area contributed by atoms with E-state index in [1.807, 2.05) is 38.7 Å².